The van der Waals surface area contributed by atoms with Crippen molar-refractivity contribution in [3.63, 3.8) is 0 Å². The van der Waals surface area contributed by atoms with Gasteiger partial charge >= 0.3 is 12.0 Å². The molecule has 0 unspecified atom stereocenters. The largest absolute Gasteiger partial charge is 0.465 e. The van der Waals surface area contributed by atoms with Gasteiger partial charge in [-0.15, -0.1) is 0 Å². The number of aryl methyl sites for hydroxylation is 1. The molecule has 0 bridgehead atoms. The van der Waals surface area contributed by atoms with Crippen molar-refractivity contribution in [2.24, 2.45) is 0 Å². The summed E-state index contributed by atoms with van der Waals surface area (Å²) in [5, 5.41) is 5.47. The van der Waals surface area contributed by atoms with Crippen molar-refractivity contribution in [1.82, 2.24) is 10.2 Å². The Morgan fingerprint density at radius 1 is 1.13 bits per heavy atom. The van der Waals surface area contributed by atoms with E-state index in [4.69, 9.17) is 0 Å². The normalized spacial score (nSPS) is 20.0. The second kappa shape index (κ2) is 7.62. The molecule has 1 atom stereocenters. The predicted molar refractivity (Wildman–Crippen MR) is 108 cm³/mol. The van der Waals surface area contributed by atoms with Crippen LogP contribution in [0.5, 0.6) is 0 Å². The van der Waals surface area contributed by atoms with Gasteiger partial charge in [-0.05, 0) is 54.7 Å². The highest BCUT2D eigenvalue weighted by molar-refractivity contribution is 6.10. The lowest BCUT2D eigenvalue weighted by atomic mass is 9.76. The molecule has 1 fully saturated rings. The summed E-state index contributed by atoms with van der Waals surface area (Å²) < 4.78 is 4.63. The van der Waals surface area contributed by atoms with Crippen LogP contribution in [-0.2, 0) is 26.3 Å². The van der Waals surface area contributed by atoms with Crippen LogP contribution in [0.1, 0.15) is 34.3 Å². The number of esters is 1. The van der Waals surface area contributed by atoms with Crippen molar-refractivity contribution in [1.29, 1.82) is 0 Å². The summed E-state index contributed by atoms with van der Waals surface area (Å²) in [5.74, 6) is -1.40. The number of benzene rings is 2. The summed E-state index contributed by atoms with van der Waals surface area (Å²) in [7, 11) is 1.29. The smallest absolute Gasteiger partial charge is 0.337 e. The maximum absolute atomic E-state index is 13.2. The Hall–Kier alpha value is -3.68. The number of ether oxygens (including phenoxy) is 1. The molecule has 4 amide bonds. The summed E-state index contributed by atoms with van der Waals surface area (Å²) in [5.41, 5.74) is 1.53. The third-order valence-corrected chi connectivity index (χ3v) is 5.54. The number of carbonyl (C=O) groups is 4. The molecule has 1 heterocycles. The average Bonchev–Trinajstić information content (AvgIpc) is 2.98. The minimum atomic E-state index is -1.10. The molecule has 0 saturated carbocycles. The van der Waals surface area contributed by atoms with Crippen LogP contribution in [0.15, 0.2) is 48.5 Å². The number of nitrogens with one attached hydrogen (secondary N) is 2. The van der Waals surface area contributed by atoms with E-state index < -0.39 is 35.9 Å². The van der Waals surface area contributed by atoms with Gasteiger partial charge in [0.15, 0.2) is 0 Å². The first-order valence-corrected chi connectivity index (χ1v) is 9.65. The third-order valence-electron chi connectivity index (χ3n) is 5.54. The van der Waals surface area contributed by atoms with Crippen molar-refractivity contribution in [3.05, 3.63) is 65.2 Å². The first-order valence-electron chi connectivity index (χ1n) is 9.65. The molecule has 8 nitrogen and oxygen atoms in total. The Kier molecular flexibility index (Phi) is 4.99. The Labute approximate surface area is 173 Å². The zero-order valence-electron chi connectivity index (χ0n) is 16.4. The van der Waals surface area contributed by atoms with Gasteiger partial charge in [-0.25, -0.2) is 9.59 Å². The quantitative estimate of drug-likeness (QED) is 0.597. The van der Waals surface area contributed by atoms with Crippen molar-refractivity contribution in [3.8, 4) is 0 Å². The first-order chi connectivity index (χ1) is 14.4. The number of urea groups is 1. The first kappa shape index (κ1) is 19.6. The molecule has 1 saturated heterocycles. The van der Waals surface area contributed by atoms with Gasteiger partial charge in [-0.2, -0.15) is 0 Å². The van der Waals surface area contributed by atoms with E-state index in [9.17, 15) is 19.2 Å². The monoisotopic (exact) mass is 407 g/mol. The fraction of sp³-hybridized carbons (Fsp3) is 0.273. The highest BCUT2D eigenvalue weighted by Gasteiger charge is 2.54. The maximum atomic E-state index is 13.2. The predicted octanol–water partition coefficient (Wildman–Crippen LogP) is 2.20. The lowest BCUT2D eigenvalue weighted by Crippen LogP contribution is -2.47. The van der Waals surface area contributed by atoms with Gasteiger partial charge in [-0.1, -0.05) is 24.3 Å². The molecule has 1 aliphatic heterocycles. The van der Waals surface area contributed by atoms with Gasteiger partial charge in [0, 0.05) is 5.69 Å². The molecule has 154 valence electrons. The fourth-order valence-corrected chi connectivity index (χ4v) is 4.11. The zero-order valence-corrected chi connectivity index (χ0v) is 16.4. The van der Waals surface area contributed by atoms with Crippen molar-refractivity contribution < 1.29 is 23.9 Å². The molecule has 0 radical (unpaired) electrons. The molecule has 4 rings (SSSR count). The molecule has 2 aromatic carbocycles. The molecule has 0 aromatic heterocycles. The second-order valence-corrected chi connectivity index (χ2v) is 7.35. The summed E-state index contributed by atoms with van der Waals surface area (Å²) in [6.45, 7) is -0.395. The van der Waals surface area contributed by atoms with Gasteiger partial charge in [0.2, 0.25) is 5.91 Å². The van der Waals surface area contributed by atoms with E-state index in [1.165, 1.54) is 19.2 Å². The minimum absolute atomic E-state index is 0.350. The van der Waals surface area contributed by atoms with E-state index in [1.807, 2.05) is 24.3 Å². The Morgan fingerprint density at radius 3 is 2.60 bits per heavy atom. The number of amides is 4. The van der Waals surface area contributed by atoms with Crippen LogP contribution in [-0.4, -0.2) is 42.4 Å². The average molecular weight is 407 g/mol. The Balaban J connectivity index is 1.48. The van der Waals surface area contributed by atoms with Crippen molar-refractivity contribution >= 4 is 29.5 Å². The van der Waals surface area contributed by atoms with Crippen molar-refractivity contribution in [2.45, 2.75) is 24.8 Å². The number of hydrogen-bond acceptors (Lipinski definition) is 5. The number of fused-ring (bicyclic) bond motifs is 2. The second-order valence-electron chi connectivity index (χ2n) is 7.35. The maximum Gasteiger partial charge on any atom is 0.337 e. The van der Waals surface area contributed by atoms with Gasteiger partial charge in [0.1, 0.15) is 12.1 Å². The number of hydrogen-bond donors (Lipinski definition) is 2. The van der Waals surface area contributed by atoms with Crippen LogP contribution in [0.25, 0.3) is 0 Å². The van der Waals surface area contributed by atoms with E-state index in [-0.39, 0.29) is 0 Å². The number of imide groups is 1. The molecule has 2 aromatic rings. The van der Waals surface area contributed by atoms with E-state index in [2.05, 4.69) is 15.4 Å². The lowest BCUT2D eigenvalue weighted by Gasteiger charge is -2.33. The van der Waals surface area contributed by atoms with Crippen molar-refractivity contribution in [2.75, 3.05) is 19.0 Å². The number of anilines is 1. The van der Waals surface area contributed by atoms with Crippen LogP contribution < -0.4 is 10.6 Å². The highest BCUT2D eigenvalue weighted by atomic mass is 16.5. The number of methoxy groups -OCH3 is 1. The minimum Gasteiger partial charge on any atom is -0.465 e. The SMILES string of the molecule is COC(=O)c1ccc(NC(=O)CN2C(=O)N[C@]3(CCCc4ccccc43)C2=O)cc1. The van der Waals surface area contributed by atoms with Crippen LogP contribution in [0.4, 0.5) is 10.5 Å². The molecule has 30 heavy (non-hydrogen) atoms. The number of rotatable bonds is 4. The summed E-state index contributed by atoms with van der Waals surface area (Å²) in [6, 6.07) is 13.1. The summed E-state index contributed by atoms with van der Waals surface area (Å²) >= 11 is 0. The molecule has 1 aliphatic carbocycles. The Bertz CT molecular complexity index is 1030. The van der Waals surface area contributed by atoms with Crippen LogP contribution in [0, 0.1) is 0 Å². The van der Waals surface area contributed by atoms with E-state index in [0.717, 1.165) is 28.9 Å². The fourth-order valence-electron chi connectivity index (χ4n) is 4.11. The van der Waals surface area contributed by atoms with Crippen LogP contribution >= 0.6 is 0 Å². The van der Waals surface area contributed by atoms with Gasteiger partial charge in [0.05, 0.1) is 12.7 Å². The van der Waals surface area contributed by atoms with E-state index in [0.29, 0.717) is 17.7 Å². The Morgan fingerprint density at radius 2 is 1.87 bits per heavy atom. The lowest BCUT2D eigenvalue weighted by molar-refractivity contribution is -0.134. The zero-order chi connectivity index (χ0) is 21.3. The molecule has 2 N–H and O–H groups in total. The highest BCUT2D eigenvalue weighted by Crippen LogP contribution is 2.39. The van der Waals surface area contributed by atoms with Gasteiger partial charge in [0.25, 0.3) is 5.91 Å². The van der Waals surface area contributed by atoms with Gasteiger partial charge < -0.3 is 15.4 Å². The van der Waals surface area contributed by atoms with Crippen LogP contribution in [0.3, 0.4) is 0 Å². The number of nitrogens with zero attached hydrogens (tertiary/aromatic N) is 1. The third kappa shape index (κ3) is 3.30. The van der Waals surface area contributed by atoms with Gasteiger partial charge in [-0.3, -0.25) is 14.5 Å². The number of carbonyl (C=O) groups excluding carboxylic acids is 4. The summed E-state index contributed by atoms with van der Waals surface area (Å²) in [4.78, 5) is 50.7. The molecule has 8 heteroatoms. The van der Waals surface area contributed by atoms with Crippen LogP contribution in [0.2, 0.25) is 0 Å². The molecular formula is C22H21N3O5. The standard InChI is InChI=1S/C22H21N3O5/c1-30-19(27)15-8-10-16(11-9-15)23-18(26)13-25-20(28)22(24-21(25)29)12-4-6-14-5-2-3-7-17(14)22/h2-3,5,7-11H,4,6,12-13H2,1H3,(H,23,26)(H,24,29)/t22-/m0/s1. The van der Waals surface area contributed by atoms with E-state index in [1.54, 1.807) is 12.1 Å². The topological polar surface area (TPSA) is 105 Å². The molecule has 2 aliphatic rings. The molecular weight excluding hydrogens is 386 g/mol. The molecule has 1 spiro atoms. The summed E-state index contributed by atoms with van der Waals surface area (Å²) in [6.07, 6.45) is 2.13. The van der Waals surface area contributed by atoms with E-state index >= 15 is 0 Å².